The molecule has 1 amide bonds. The van der Waals surface area contributed by atoms with Gasteiger partial charge in [-0.05, 0) is 86.4 Å². The number of nitrogens with one attached hydrogen (secondary N) is 2. The minimum Gasteiger partial charge on any atom is -0.494 e. The van der Waals surface area contributed by atoms with Crippen LogP contribution in [0.4, 0.5) is 17.4 Å². The molecule has 0 saturated heterocycles. The van der Waals surface area contributed by atoms with Gasteiger partial charge in [0.1, 0.15) is 5.75 Å². The van der Waals surface area contributed by atoms with E-state index in [2.05, 4.69) is 20.8 Å². The van der Waals surface area contributed by atoms with Crippen LogP contribution in [-0.2, 0) is 4.79 Å². The van der Waals surface area contributed by atoms with Gasteiger partial charge in [0.2, 0.25) is 0 Å². The average molecular weight is 465 g/mol. The second-order valence-electron chi connectivity index (χ2n) is 8.39. The molecule has 0 radical (unpaired) electrons. The van der Waals surface area contributed by atoms with Crippen molar-refractivity contribution in [1.29, 1.82) is 0 Å². The normalized spacial score (nSPS) is 17.7. The molecule has 3 N–H and O–H groups in total. The first-order valence-electron chi connectivity index (χ1n) is 11.5. The Hall–Kier alpha value is -3.88. The molecule has 0 spiro atoms. The molecule has 1 aromatic heterocycles. The lowest BCUT2D eigenvalue weighted by atomic mass is 9.77. The number of ether oxygens (including phenoxy) is 1. The van der Waals surface area contributed by atoms with Crippen LogP contribution in [0.2, 0.25) is 0 Å². The van der Waals surface area contributed by atoms with Gasteiger partial charge in [-0.3, -0.25) is 9.59 Å². The Labute approximate surface area is 197 Å². The van der Waals surface area contributed by atoms with Crippen molar-refractivity contribution in [2.45, 2.75) is 44.9 Å². The number of carboxylic acid groups (broad SMARTS) is 1. The third-order valence-corrected chi connectivity index (χ3v) is 5.99. The summed E-state index contributed by atoms with van der Waals surface area (Å²) in [5.41, 5.74) is 2.56. The van der Waals surface area contributed by atoms with Crippen LogP contribution in [0.1, 0.15) is 61.2 Å². The van der Waals surface area contributed by atoms with Crippen LogP contribution in [0.5, 0.6) is 5.75 Å². The summed E-state index contributed by atoms with van der Waals surface area (Å²) in [6, 6.07) is 15.1. The molecule has 1 saturated carbocycles. The Morgan fingerprint density at radius 3 is 2.32 bits per heavy atom. The van der Waals surface area contributed by atoms with E-state index >= 15 is 0 Å². The number of rotatable bonds is 9. The lowest BCUT2D eigenvalue weighted by Crippen LogP contribution is -2.16. The van der Waals surface area contributed by atoms with Gasteiger partial charge < -0.3 is 24.9 Å². The van der Waals surface area contributed by atoms with Crippen molar-refractivity contribution < 1.29 is 23.8 Å². The van der Waals surface area contributed by atoms with Gasteiger partial charge in [0, 0.05) is 17.8 Å². The molecule has 1 aliphatic rings. The van der Waals surface area contributed by atoms with E-state index in [1.54, 1.807) is 0 Å². The summed E-state index contributed by atoms with van der Waals surface area (Å²) in [4.78, 5) is 23.4. The summed E-state index contributed by atoms with van der Waals surface area (Å²) in [6.45, 7) is 2.51. The van der Waals surface area contributed by atoms with E-state index in [0.717, 1.165) is 37.1 Å². The highest BCUT2D eigenvalue weighted by atomic mass is 16.5. The number of carbonyl (C=O) groups excluding carboxylic acids is 1. The third-order valence-electron chi connectivity index (χ3n) is 5.99. The van der Waals surface area contributed by atoms with Crippen molar-refractivity contribution >= 4 is 29.3 Å². The summed E-state index contributed by atoms with van der Waals surface area (Å²) in [5.74, 6) is 0.0975. The summed E-state index contributed by atoms with van der Waals surface area (Å²) in [5, 5.41) is 22.4. The number of carboxylic acids is 1. The zero-order chi connectivity index (χ0) is 23.9. The molecular weight excluding hydrogens is 436 g/mol. The standard InChI is InChI=1S/C25H28N4O5/c1-2-33-21-13-11-20(12-14-21)27-25-29-28-24(34-25)23(32)26-19-9-7-18(8-10-19)17-5-3-16(4-6-17)15-22(30)31/h7-14,16-17H,2-6,15H2,1H3,(H,26,32)(H,27,29)(H,30,31)/t16-,17-. The fourth-order valence-corrected chi connectivity index (χ4v) is 4.26. The number of anilines is 3. The van der Waals surface area contributed by atoms with E-state index in [0.29, 0.717) is 18.2 Å². The first-order valence-corrected chi connectivity index (χ1v) is 11.5. The highest BCUT2D eigenvalue weighted by molar-refractivity contribution is 6.00. The monoisotopic (exact) mass is 464 g/mol. The molecule has 3 aromatic rings. The molecule has 0 unspecified atom stereocenters. The maximum atomic E-state index is 12.5. The van der Waals surface area contributed by atoms with E-state index in [9.17, 15) is 9.59 Å². The minimum absolute atomic E-state index is 0.114. The number of amides is 1. The number of aliphatic carboxylic acids is 1. The zero-order valence-electron chi connectivity index (χ0n) is 19.0. The van der Waals surface area contributed by atoms with Gasteiger partial charge >= 0.3 is 23.8 Å². The van der Waals surface area contributed by atoms with Crippen molar-refractivity contribution in [3.63, 3.8) is 0 Å². The lowest BCUT2D eigenvalue weighted by molar-refractivity contribution is -0.138. The number of hydrogen-bond acceptors (Lipinski definition) is 7. The van der Waals surface area contributed by atoms with E-state index in [1.165, 1.54) is 5.56 Å². The highest BCUT2D eigenvalue weighted by Crippen LogP contribution is 2.37. The fourth-order valence-electron chi connectivity index (χ4n) is 4.26. The Morgan fingerprint density at radius 1 is 1.00 bits per heavy atom. The molecule has 4 rings (SSSR count). The van der Waals surface area contributed by atoms with Gasteiger partial charge in [-0.25, -0.2) is 0 Å². The van der Waals surface area contributed by atoms with E-state index < -0.39 is 11.9 Å². The third kappa shape index (κ3) is 6.12. The SMILES string of the molecule is CCOc1ccc(Nc2nnc(C(=O)Nc3ccc([C@H]4CC[C@H](CC(=O)O)CC4)cc3)o2)cc1. The molecule has 34 heavy (non-hydrogen) atoms. The van der Waals surface area contributed by atoms with Gasteiger partial charge in [-0.1, -0.05) is 17.2 Å². The first kappa shape index (κ1) is 23.3. The minimum atomic E-state index is -0.719. The molecule has 1 aliphatic carbocycles. The van der Waals surface area contributed by atoms with E-state index in [4.69, 9.17) is 14.3 Å². The first-order chi connectivity index (χ1) is 16.5. The quantitative estimate of drug-likeness (QED) is 0.394. The second kappa shape index (κ2) is 10.8. The van der Waals surface area contributed by atoms with Crippen molar-refractivity contribution in [3.05, 3.63) is 60.0 Å². The predicted molar refractivity (Wildman–Crippen MR) is 127 cm³/mol. The molecule has 2 aromatic carbocycles. The largest absolute Gasteiger partial charge is 0.494 e. The van der Waals surface area contributed by atoms with Crippen LogP contribution >= 0.6 is 0 Å². The second-order valence-corrected chi connectivity index (χ2v) is 8.39. The summed E-state index contributed by atoms with van der Waals surface area (Å²) in [6.07, 6.45) is 4.08. The number of aromatic nitrogens is 2. The van der Waals surface area contributed by atoms with Crippen LogP contribution in [0.3, 0.4) is 0 Å². The lowest BCUT2D eigenvalue weighted by Gasteiger charge is -2.28. The van der Waals surface area contributed by atoms with Crippen molar-refractivity contribution in [1.82, 2.24) is 10.2 Å². The van der Waals surface area contributed by atoms with Crippen LogP contribution in [0.15, 0.2) is 52.9 Å². The van der Waals surface area contributed by atoms with Crippen LogP contribution in [0.25, 0.3) is 0 Å². The van der Waals surface area contributed by atoms with Gasteiger partial charge in [0.25, 0.3) is 0 Å². The van der Waals surface area contributed by atoms with Crippen LogP contribution < -0.4 is 15.4 Å². The number of carbonyl (C=O) groups is 2. The van der Waals surface area contributed by atoms with Crippen molar-refractivity contribution in [2.24, 2.45) is 5.92 Å². The molecule has 0 aliphatic heterocycles. The molecular formula is C25H28N4O5. The van der Waals surface area contributed by atoms with E-state index in [-0.39, 0.29) is 24.2 Å². The Balaban J connectivity index is 1.29. The van der Waals surface area contributed by atoms with Gasteiger partial charge in [0.05, 0.1) is 6.61 Å². The molecule has 1 heterocycles. The predicted octanol–water partition coefficient (Wildman–Crippen LogP) is 5.21. The van der Waals surface area contributed by atoms with Gasteiger partial charge in [-0.2, -0.15) is 0 Å². The highest BCUT2D eigenvalue weighted by Gasteiger charge is 2.24. The number of hydrogen-bond donors (Lipinski definition) is 3. The summed E-state index contributed by atoms with van der Waals surface area (Å²) >= 11 is 0. The van der Waals surface area contributed by atoms with E-state index in [1.807, 2.05) is 55.5 Å². The molecule has 1 fully saturated rings. The smallest absolute Gasteiger partial charge is 0.320 e. The Kier molecular flexibility index (Phi) is 7.41. The zero-order valence-corrected chi connectivity index (χ0v) is 19.0. The van der Waals surface area contributed by atoms with Gasteiger partial charge in [-0.15, -0.1) is 5.10 Å². The number of benzene rings is 2. The maximum Gasteiger partial charge on any atom is 0.320 e. The number of nitrogens with zero attached hydrogens (tertiary/aromatic N) is 2. The fraction of sp³-hybridized carbons (Fsp3) is 0.360. The Morgan fingerprint density at radius 2 is 1.68 bits per heavy atom. The van der Waals surface area contributed by atoms with Gasteiger partial charge in [0.15, 0.2) is 0 Å². The molecule has 9 heteroatoms. The topological polar surface area (TPSA) is 127 Å². The summed E-state index contributed by atoms with van der Waals surface area (Å²) < 4.78 is 10.8. The average Bonchev–Trinajstić information content (AvgIpc) is 3.30. The molecule has 9 nitrogen and oxygen atoms in total. The van der Waals surface area contributed by atoms with Crippen molar-refractivity contribution in [3.8, 4) is 5.75 Å². The maximum absolute atomic E-state index is 12.5. The molecule has 0 bridgehead atoms. The molecule has 178 valence electrons. The van der Waals surface area contributed by atoms with Crippen molar-refractivity contribution in [2.75, 3.05) is 17.2 Å². The molecule has 0 atom stereocenters. The Bertz CT molecular complexity index is 1100. The summed E-state index contributed by atoms with van der Waals surface area (Å²) in [7, 11) is 0. The van der Waals surface area contributed by atoms with Crippen LogP contribution in [0, 0.1) is 5.92 Å². The van der Waals surface area contributed by atoms with Crippen LogP contribution in [-0.4, -0.2) is 33.8 Å².